The summed E-state index contributed by atoms with van der Waals surface area (Å²) in [7, 11) is 2.17. The molecule has 1 aromatic rings. The number of hydrogen-bond donors (Lipinski definition) is 0. The Kier molecular flexibility index (Phi) is 3.83. The van der Waals surface area contributed by atoms with Gasteiger partial charge in [-0.05, 0) is 74.4 Å². The number of alkyl halides is 3. The molecule has 0 N–H and O–H groups in total. The highest BCUT2D eigenvalue weighted by molar-refractivity contribution is 5.44. The minimum Gasteiger partial charge on any atom is -0.406 e. The molecule has 5 heteroatoms. The number of fused-ring (bicyclic) bond motifs is 1. The molecule has 1 aliphatic heterocycles. The van der Waals surface area contributed by atoms with Crippen LogP contribution in [-0.2, 0) is 11.8 Å². The second-order valence-corrected chi connectivity index (χ2v) is 7.85. The first kappa shape index (κ1) is 16.2. The molecule has 2 bridgehead atoms. The van der Waals surface area contributed by atoms with Gasteiger partial charge in [0.25, 0.3) is 0 Å². The van der Waals surface area contributed by atoms with Crippen LogP contribution >= 0.6 is 0 Å². The van der Waals surface area contributed by atoms with E-state index >= 15 is 0 Å². The third-order valence-corrected chi connectivity index (χ3v) is 6.49. The number of benzene rings is 1. The normalized spacial score (nSPS) is 33.3. The molecule has 132 valence electrons. The largest absolute Gasteiger partial charge is 0.573 e. The monoisotopic (exact) mass is 339 g/mol. The standard InChI is InChI=1S/C19H24F3NO/c1-23-9-8-18-7-3-2-4-16(18)14(12-23)10-13-5-6-15(11-17(13)18)24-19(20,21)22/h5-6,11,14,16H,2-4,7-10,12H2,1H3/t14-,16-,18+/m1/s1. The Balaban J connectivity index is 1.79. The van der Waals surface area contributed by atoms with E-state index < -0.39 is 6.36 Å². The zero-order valence-corrected chi connectivity index (χ0v) is 14.0. The van der Waals surface area contributed by atoms with Crippen molar-refractivity contribution in [2.75, 3.05) is 20.1 Å². The predicted octanol–water partition coefficient (Wildman–Crippen LogP) is 4.52. The van der Waals surface area contributed by atoms with Crippen LogP contribution in [-0.4, -0.2) is 31.4 Å². The number of rotatable bonds is 1. The molecule has 3 atom stereocenters. The van der Waals surface area contributed by atoms with Crippen molar-refractivity contribution in [1.29, 1.82) is 0 Å². The van der Waals surface area contributed by atoms with Crippen molar-refractivity contribution in [3.63, 3.8) is 0 Å². The van der Waals surface area contributed by atoms with Gasteiger partial charge in [-0.2, -0.15) is 0 Å². The third-order valence-electron chi connectivity index (χ3n) is 6.49. The average Bonchev–Trinajstić information content (AvgIpc) is 2.62. The van der Waals surface area contributed by atoms with Gasteiger partial charge >= 0.3 is 6.36 Å². The van der Waals surface area contributed by atoms with E-state index in [9.17, 15) is 13.2 Å². The Hall–Kier alpha value is -1.23. The highest BCUT2D eigenvalue weighted by atomic mass is 19.4. The lowest BCUT2D eigenvalue weighted by atomic mass is 9.53. The maximum Gasteiger partial charge on any atom is 0.573 e. The first-order chi connectivity index (χ1) is 11.4. The fraction of sp³-hybridized carbons (Fsp3) is 0.684. The zero-order chi connectivity index (χ0) is 16.9. The number of likely N-dealkylation sites (tertiary alicyclic amines) is 1. The van der Waals surface area contributed by atoms with Gasteiger partial charge in [0.05, 0.1) is 0 Å². The fourth-order valence-electron chi connectivity index (χ4n) is 5.63. The van der Waals surface area contributed by atoms with Crippen molar-refractivity contribution in [2.45, 2.75) is 50.3 Å². The molecule has 2 fully saturated rings. The van der Waals surface area contributed by atoms with Gasteiger partial charge in [-0.25, -0.2) is 0 Å². The van der Waals surface area contributed by atoms with Crippen LogP contribution in [0.5, 0.6) is 5.75 Å². The molecule has 2 nitrogen and oxygen atoms in total. The number of halogens is 3. The van der Waals surface area contributed by atoms with Gasteiger partial charge in [0.15, 0.2) is 0 Å². The van der Waals surface area contributed by atoms with Crippen molar-refractivity contribution in [3.05, 3.63) is 29.3 Å². The van der Waals surface area contributed by atoms with E-state index in [4.69, 9.17) is 0 Å². The van der Waals surface area contributed by atoms with Crippen LogP contribution in [0, 0.1) is 11.8 Å². The van der Waals surface area contributed by atoms with Gasteiger partial charge in [0, 0.05) is 12.0 Å². The highest BCUT2D eigenvalue weighted by Crippen LogP contribution is 2.56. The molecule has 3 aliphatic rings. The van der Waals surface area contributed by atoms with E-state index in [1.807, 2.05) is 6.07 Å². The predicted molar refractivity (Wildman–Crippen MR) is 86.1 cm³/mol. The molecule has 0 spiro atoms. The minimum atomic E-state index is -4.63. The Morgan fingerprint density at radius 3 is 2.83 bits per heavy atom. The Morgan fingerprint density at radius 1 is 1.21 bits per heavy atom. The van der Waals surface area contributed by atoms with E-state index in [1.165, 1.54) is 30.9 Å². The summed E-state index contributed by atoms with van der Waals surface area (Å²) >= 11 is 0. The van der Waals surface area contributed by atoms with E-state index in [2.05, 4.69) is 16.7 Å². The van der Waals surface area contributed by atoms with Crippen molar-refractivity contribution in [2.24, 2.45) is 11.8 Å². The van der Waals surface area contributed by atoms with Crippen LogP contribution in [0.4, 0.5) is 13.2 Å². The summed E-state index contributed by atoms with van der Waals surface area (Å²) < 4.78 is 42.2. The highest BCUT2D eigenvalue weighted by Gasteiger charge is 2.51. The lowest BCUT2D eigenvalue weighted by Gasteiger charge is -2.51. The molecule has 0 amide bonds. The van der Waals surface area contributed by atoms with Crippen LogP contribution in [0.15, 0.2) is 18.2 Å². The summed E-state index contributed by atoms with van der Waals surface area (Å²) in [5.74, 6) is 1.17. The van der Waals surface area contributed by atoms with E-state index in [1.54, 1.807) is 6.07 Å². The van der Waals surface area contributed by atoms with Crippen LogP contribution < -0.4 is 4.74 Å². The molecule has 0 radical (unpaired) electrons. The Bertz CT molecular complexity index is 630. The Labute approximate surface area is 141 Å². The van der Waals surface area contributed by atoms with Gasteiger partial charge in [-0.3, -0.25) is 0 Å². The SMILES string of the molecule is CN1CC[C@@]23CCCC[C@@H]2[C@H](Cc2ccc(OC(F)(F)F)cc23)C1. The van der Waals surface area contributed by atoms with Crippen molar-refractivity contribution in [1.82, 2.24) is 4.90 Å². The van der Waals surface area contributed by atoms with E-state index in [0.717, 1.165) is 37.9 Å². The number of nitrogens with zero attached hydrogens (tertiary/aromatic N) is 1. The van der Waals surface area contributed by atoms with Gasteiger partial charge in [0.2, 0.25) is 0 Å². The summed E-state index contributed by atoms with van der Waals surface area (Å²) in [6, 6.07) is 5.06. The summed E-state index contributed by atoms with van der Waals surface area (Å²) in [5, 5.41) is 0. The molecule has 4 rings (SSSR count). The molecule has 1 heterocycles. The maximum atomic E-state index is 12.6. The molecule has 1 aromatic carbocycles. The van der Waals surface area contributed by atoms with Gasteiger partial charge < -0.3 is 9.64 Å². The molecule has 0 unspecified atom stereocenters. The van der Waals surface area contributed by atoms with E-state index in [-0.39, 0.29) is 11.2 Å². The lowest BCUT2D eigenvalue weighted by Crippen LogP contribution is -2.46. The Morgan fingerprint density at radius 2 is 2.04 bits per heavy atom. The van der Waals surface area contributed by atoms with Crippen LogP contribution in [0.1, 0.15) is 43.2 Å². The van der Waals surface area contributed by atoms with Crippen LogP contribution in [0.3, 0.4) is 0 Å². The van der Waals surface area contributed by atoms with Crippen molar-refractivity contribution < 1.29 is 17.9 Å². The smallest absolute Gasteiger partial charge is 0.406 e. The van der Waals surface area contributed by atoms with Gasteiger partial charge in [0.1, 0.15) is 5.75 Å². The second-order valence-electron chi connectivity index (χ2n) is 7.85. The molecule has 1 saturated carbocycles. The van der Waals surface area contributed by atoms with Crippen molar-refractivity contribution >= 4 is 0 Å². The summed E-state index contributed by atoms with van der Waals surface area (Å²) in [4.78, 5) is 2.41. The molecule has 0 aromatic heterocycles. The lowest BCUT2D eigenvalue weighted by molar-refractivity contribution is -0.274. The molecule has 24 heavy (non-hydrogen) atoms. The zero-order valence-electron chi connectivity index (χ0n) is 14.0. The topological polar surface area (TPSA) is 12.5 Å². The van der Waals surface area contributed by atoms with E-state index in [0.29, 0.717) is 11.8 Å². The summed E-state index contributed by atoms with van der Waals surface area (Å²) in [5.41, 5.74) is 2.43. The van der Waals surface area contributed by atoms with Gasteiger partial charge in [-0.15, -0.1) is 13.2 Å². The molecular weight excluding hydrogens is 315 g/mol. The van der Waals surface area contributed by atoms with Crippen LogP contribution in [0.25, 0.3) is 0 Å². The summed E-state index contributed by atoms with van der Waals surface area (Å²) in [6.45, 7) is 2.13. The minimum absolute atomic E-state index is 0.0478. The molecular formula is C19H24F3NO. The van der Waals surface area contributed by atoms with Crippen molar-refractivity contribution in [3.8, 4) is 5.75 Å². The maximum absolute atomic E-state index is 12.6. The first-order valence-electron chi connectivity index (χ1n) is 8.95. The summed E-state index contributed by atoms with van der Waals surface area (Å²) in [6.07, 6.45) is 2.15. The first-order valence-corrected chi connectivity index (χ1v) is 8.95. The molecule has 1 saturated heterocycles. The molecule has 2 aliphatic carbocycles. The quantitative estimate of drug-likeness (QED) is 0.746. The fourth-order valence-corrected chi connectivity index (χ4v) is 5.63. The average molecular weight is 339 g/mol. The third kappa shape index (κ3) is 2.71. The number of hydrogen-bond acceptors (Lipinski definition) is 2. The van der Waals surface area contributed by atoms with Crippen LogP contribution in [0.2, 0.25) is 0 Å². The van der Waals surface area contributed by atoms with Gasteiger partial charge in [-0.1, -0.05) is 18.9 Å². The second kappa shape index (κ2) is 5.65. The number of ether oxygens (including phenoxy) is 1.